The van der Waals surface area contributed by atoms with Crippen LogP contribution in [-0.4, -0.2) is 24.5 Å². The number of nitrogen functional groups attached to an aromatic ring is 1. The average molecular weight is 304 g/mol. The van der Waals surface area contributed by atoms with Crippen LogP contribution in [0, 0.1) is 0 Å². The summed E-state index contributed by atoms with van der Waals surface area (Å²) >= 11 is 0. The zero-order valence-corrected chi connectivity index (χ0v) is 12.0. The zero-order chi connectivity index (χ0) is 15.8. The van der Waals surface area contributed by atoms with Gasteiger partial charge in [0.1, 0.15) is 0 Å². The second-order valence-corrected chi connectivity index (χ2v) is 5.01. The molecule has 3 aromatic heterocycles. The molecule has 0 saturated heterocycles. The summed E-state index contributed by atoms with van der Waals surface area (Å²) in [5, 5.41) is 0. The van der Waals surface area contributed by atoms with E-state index in [-0.39, 0.29) is 11.2 Å². The normalized spacial score (nSPS) is 11.0. The number of rotatable bonds is 2. The van der Waals surface area contributed by atoms with Gasteiger partial charge in [-0.15, -0.1) is 0 Å². The Morgan fingerprint density at radius 2 is 1.83 bits per heavy atom. The van der Waals surface area contributed by atoms with E-state index in [1.165, 1.54) is 12.1 Å². The van der Waals surface area contributed by atoms with Gasteiger partial charge in [0.05, 0.1) is 17.2 Å². The smallest absolute Gasteiger partial charge is 0.181 e. The Morgan fingerprint density at radius 1 is 1.04 bits per heavy atom. The maximum absolute atomic E-state index is 11.2. The molecule has 1 aromatic carbocycles. The number of nitrogens with two attached hydrogens (primary N) is 1. The number of nitrogens with one attached hydrogen (secondary N) is 1. The lowest BCUT2D eigenvalue weighted by Crippen LogP contribution is -2.06. The van der Waals surface area contributed by atoms with Gasteiger partial charge in [0.25, 0.3) is 0 Å². The molecule has 0 aliphatic heterocycles. The number of H-pyrrole nitrogens is 1. The van der Waals surface area contributed by atoms with Crippen molar-refractivity contribution < 1.29 is 0 Å². The van der Waals surface area contributed by atoms with Crippen molar-refractivity contribution in [3.05, 3.63) is 65.2 Å². The molecule has 7 nitrogen and oxygen atoms in total. The fraction of sp³-hybridized carbons (Fsp3) is 0. The summed E-state index contributed by atoms with van der Waals surface area (Å²) < 4.78 is 1.69. The predicted octanol–water partition coefficient (Wildman–Crippen LogP) is 1.75. The van der Waals surface area contributed by atoms with E-state index < -0.39 is 0 Å². The predicted molar refractivity (Wildman–Crippen MR) is 87.1 cm³/mol. The van der Waals surface area contributed by atoms with Crippen molar-refractivity contribution in [2.24, 2.45) is 0 Å². The Morgan fingerprint density at radius 3 is 2.61 bits per heavy atom. The molecule has 0 fully saturated rings. The van der Waals surface area contributed by atoms with E-state index in [9.17, 15) is 4.79 Å². The molecule has 0 aliphatic rings. The SMILES string of the molecule is Nc1ncc(-n2ccc(=O)cc2)nc1-c1nc2ccccc2[nH]1. The highest BCUT2D eigenvalue weighted by atomic mass is 16.1. The number of aromatic amines is 1. The Balaban J connectivity index is 1.86. The van der Waals surface area contributed by atoms with Crippen LogP contribution in [0.15, 0.2) is 59.8 Å². The first-order valence-electron chi connectivity index (χ1n) is 6.97. The van der Waals surface area contributed by atoms with Crippen molar-refractivity contribution in [1.82, 2.24) is 24.5 Å². The van der Waals surface area contributed by atoms with Gasteiger partial charge in [0.2, 0.25) is 0 Å². The Bertz CT molecular complexity index is 1010. The first-order chi connectivity index (χ1) is 11.2. The minimum absolute atomic E-state index is 0.0674. The van der Waals surface area contributed by atoms with Crippen LogP contribution in [0.5, 0.6) is 0 Å². The number of fused-ring (bicyclic) bond motifs is 1. The molecule has 3 heterocycles. The minimum Gasteiger partial charge on any atom is -0.382 e. The fourth-order valence-corrected chi connectivity index (χ4v) is 2.32. The molecular formula is C16H12N6O. The van der Waals surface area contributed by atoms with Crippen LogP contribution in [0.25, 0.3) is 28.4 Å². The molecule has 4 aromatic rings. The number of nitrogens with zero attached hydrogens (tertiary/aromatic N) is 4. The summed E-state index contributed by atoms with van der Waals surface area (Å²) in [6, 6.07) is 10.6. The third kappa shape index (κ3) is 2.34. The molecule has 0 aliphatic carbocycles. The summed E-state index contributed by atoms with van der Waals surface area (Å²) in [6.07, 6.45) is 4.81. The Labute approximate surface area is 130 Å². The molecule has 0 spiro atoms. The van der Waals surface area contributed by atoms with Gasteiger partial charge in [-0.05, 0) is 12.1 Å². The summed E-state index contributed by atoms with van der Waals surface area (Å²) in [5.41, 5.74) is 8.09. The van der Waals surface area contributed by atoms with Crippen LogP contribution < -0.4 is 11.2 Å². The van der Waals surface area contributed by atoms with Crippen molar-refractivity contribution >= 4 is 16.9 Å². The number of anilines is 1. The van der Waals surface area contributed by atoms with Crippen molar-refractivity contribution in [2.45, 2.75) is 0 Å². The Hall–Kier alpha value is -3.48. The molecule has 0 saturated carbocycles. The first-order valence-corrected chi connectivity index (χ1v) is 6.97. The second kappa shape index (κ2) is 5.06. The number of pyridine rings is 1. The van der Waals surface area contributed by atoms with Crippen molar-refractivity contribution in [3.8, 4) is 17.3 Å². The van der Waals surface area contributed by atoms with Crippen LogP contribution in [0.1, 0.15) is 0 Å². The number of imidazole rings is 1. The summed E-state index contributed by atoms with van der Waals surface area (Å²) in [6.45, 7) is 0. The summed E-state index contributed by atoms with van der Waals surface area (Å²) in [4.78, 5) is 27.6. The van der Waals surface area contributed by atoms with Crippen molar-refractivity contribution in [2.75, 3.05) is 5.73 Å². The Kier molecular flexibility index (Phi) is 2.90. The maximum atomic E-state index is 11.2. The van der Waals surface area contributed by atoms with E-state index in [1.54, 1.807) is 23.2 Å². The van der Waals surface area contributed by atoms with Crippen LogP contribution in [0.2, 0.25) is 0 Å². The average Bonchev–Trinajstić information content (AvgIpc) is 3.00. The number of para-hydroxylation sites is 2. The molecule has 4 rings (SSSR count). The van der Waals surface area contributed by atoms with Crippen LogP contribution in [0.3, 0.4) is 0 Å². The molecule has 7 heteroatoms. The van der Waals surface area contributed by atoms with Crippen LogP contribution >= 0.6 is 0 Å². The third-order valence-electron chi connectivity index (χ3n) is 3.47. The lowest BCUT2D eigenvalue weighted by atomic mass is 10.3. The highest BCUT2D eigenvalue weighted by Crippen LogP contribution is 2.23. The van der Waals surface area contributed by atoms with Gasteiger partial charge in [-0.25, -0.2) is 15.0 Å². The van der Waals surface area contributed by atoms with E-state index in [0.29, 0.717) is 17.3 Å². The van der Waals surface area contributed by atoms with Crippen LogP contribution in [-0.2, 0) is 0 Å². The first kappa shape index (κ1) is 13.2. The molecule has 0 atom stereocenters. The summed E-state index contributed by atoms with van der Waals surface area (Å²) in [7, 11) is 0. The number of aromatic nitrogens is 5. The molecule has 112 valence electrons. The molecule has 0 radical (unpaired) electrons. The highest BCUT2D eigenvalue weighted by molar-refractivity contribution is 5.80. The van der Waals surface area contributed by atoms with E-state index in [4.69, 9.17) is 5.73 Å². The third-order valence-corrected chi connectivity index (χ3v) is 3.47. The molecule has 0 amide bonds. The van der Waals surface area contributed by atoms with Gasteiger partial charge in [-0.3, -0.25) is 4.79 Å². The molecule has 0 bridgehead atoms. The number of hydrogen-bond donors (Lipinski definition) is 2. The van der Waals surface area contributed by atoms with Gasteiger partial charge in [0.15, 0.2) is 28.6 Å². The van der Waals surface area contributed by atoms with Gasteiger partial charge >= 0.3 is 0 Å². The van der Waals surface area contributed by atoms with Gasteiger partial charge in [-0.2, -0.15) is 0 Å². The van der Waals surface area contributed by atoms with Crippen molar-refractivity contribution in [3.63, 3.8) is 0 Å². The van der Waals surface area contributed by atoms with Crippen LogP contribution in [0.4, 0.5) is 5.82 Å². The number of benzene rings is 1. The lowest BCUT2D eigenvalue weighted by molar-refractivity contribution is 0.961. The fourth-order valence-electron chi connectivity index (χ4n) is 2.32. The van der Waals surface area contributed by atoms with Gasteiger partial charge in [-0.1, -0.05) is 12.1 Å². The van der Waals surface area contributed by atoms with E-state index in [2.05, 4.69) is 19.9 Å². The standard InChI is InChI=1S/C16H12N6O/c17-15-14(16-19-11-3-1-2-4-12(11)20-16)21-13(9-18-15)22-7-5-10(23)6-8-22/h1-9H,(H2,17,18)(H,19,20). The zero-order valence-electron chi connectivity index (χ0n) is 12.0. The molecule has 0 unspecified atom stereocenters. The molecular weight excluding hydrogens is 292 g/mol. The highest BCUT2D eigenvalue weighted by Gasteiger charge is 2.12. The maximum Gasteiger partial charge on any atom is 0.181 e. The molecule has 3 N–H and O–H groups in total. The summed E-state index contributed by atoms with van der Waals surface area (Å²) in [5.74, 6) is 1.39. The second-order valence-electron chi connectivity index (χ2n) is 5.01. The molecule has 23 heavy (non-hydrogen) atoms. The largest absolute Gasteiger partial charge is 0.382 e. The van der Waals surface area contributed by atoms with Gasteiger partial charge < -0.3 is 15.3 Å². The van der Waals surface area contributed by atoms with Gasteiger partial charge in [0, 0.05) is 24.5 Å². The van der Waals surface area contributed by atoms with E-state index in [1.807, 2.05) is 24.3 Å². The van der Waals surface area contributed by atoms with E-state index >= 15 is 0 Å². The topological polar surface area (TPSA) is 102 Å². The minimum atomic E-state index is -0.0674. The monoisotopic (exact) mass is 304 g/mol. The quantitative estimate of drug-likeness (QED) is 0.587. The lowest BCUT2D eigenvalue weighted by Gasteiger charge is -2.07. The number of hydrogen-bond acceptors (Lipinski definition) is 5. The van der Waals surface area contributed by atoms with E-state index in [0.717, 1.165) is 11.0 Å². The van der Waals surface area contributed by atoms with Crippen molar-refractivity contribution in [1.29, 1.82) is 0 Å².